The first-order valence-corrected chi connectivity index (χ1v) is 9.00. The van der Waals surface area contributed by atoms with Crippen LogP contribution in [0.5, 0.6) is 5.75 Å². The van der Waals surface area contributed by atoms with Gasteiger partial charge in [-0.05, 0) is 40.5 Å². The van der Waals surface area contributed by atoms with Crippen molar-refractivity contribution in [3.63, 3.8) is 0 Å². The molecule has 19 heavy (non-hydrogen) atoms. The first-order chi connectivity index (χ1) is 8.95. The lowest BCUT2D eigenvalue weighted by Crippen LogP contribution is -2.07. The summed E-state index contributed by atoms with van der Waals surface area (Å²) < 4.78 is 33.7. The van der Waals surface area contributed by atoms with Crippen LogP contribution >= 0.6 is 26.6 Å². The van der Waals surface area contributed by atoms with Gasteiger partial charge in [-0.1, -0.05) is 13.3 Å². The normalized spacial score (nSPS) is 11.5. The van der Waals surface area contributed by atoms with Gasteiger partial charge in [0, 0.05) is 17.3 Å². The third-order valence-electron chi connectivity index (χ3n) is 2.31. The maximum Gasteiger partial charge on any atom is 0.261 e. The van der Waals surface area contributed by atoms with Crippen molar-refractivity contribution in [2.24, 2.45) is 0 Å². The Morgan fingerprint density at radius 1 is 1.26 bits per heavy atom. The molecular formula is C12H16BrClO4S. The summed E-state index contributed by atoms with van der Waals surface area (Å²) in [6, 6.07) is 4.38. The minimum atomic E-state index is -3.72. The molecule has 0 spiro atoms. The fourth-order valence-electron chi connectivity index (χ4n) is 1.31. The Bertz CT molecular complexity index is 504. The van der Waals surface area contributed by atoms with Crippen molar-refractivity contribution in [3.05, 3.63) is 22.7 Å². The van der Waals surface area contributed by atoms with E-state index in [9.17, 15) is 8.42 Å². The predicted octanol–water partition coefficient (Wildman–Crippen LogP) is 3.57. The largest absolute Gasteiger partial charge is 0.490 e. The molecule has 0 amide bonds. The van der Waals surface area contributed by atoms with Crippen LogP contribution < -0.4 is 4.74 Å². The van der Waals surface area contributed by atoms with Crippen LogP contribution in [-0.2, 0) is 13.8 Å². The Morgan fingerprint density at radius 3 is 2.58 bits per heavy atom. The molecule has 1 rings (SSSR count). The zero-order valence-corrected chi connectivity index (χ0v) is 13.7. The van der Waals surface area contributed by atoms with Crippen LogP contribution in [0.2, 0.25) is 0 Å². The highest BCUT2D eigenvalue weighted by atomic mass is 79.9. The predicted molar refractivity (Wildman–Crippen MR) is 78.4 cm³/mol. The van der Waals surface area contributed by atoms with Crippen molar-refractivity contribution in [2.45, 2.75) is 24.7 Å². The van der Waals surface area contributed by atoms with Crippen LogP contribution in [0.4, 0.5) is 0 Å². The van der Waals surface area contributed by atoms with Crippen molar-refractivity contribution in [2.75, 3.05) is 19.8 Å². The number of hydrogen-bond acceptors (Lipinski definition) is 4. The number of unbranched alkanes of at least 4 members (excludes halogenated alkanes) is 1. The molecule has 1 aromatic rings. The average molecular weight is 372 g/mol. The molecule has 4 nitrogen and oxygen atoms in total. The molecular weight excluding hydrogens is 356 g/mol. The van der Waals surface area contributed by atoms with Gasteiger partial charge in [-0.2, -0.15) is 0 Å². The summed E-state index contributed by atoms with van der Waals surface area (Å²) in [5.74, 6) is 0.558. The van der Waals surface area contributed by atoms with Gasteiger partial charge in [0.05, 0.1) is 16.0 Å². The first kappa shape index (κ1) is 16.8. The lowest BCUT2D eigenvalue weighted by Gasteiger charge is -2.09. The maximum atomic E-state index is 11.1. The number of halogens is 2. The summed E-state index contributed by atoms with van der Waals surface area (Å²) in [4.78, 5) is 0.0348. The fraction of sp³-hybridized carbons (Fsp3) is 0.500. The van der Waals surface area contributed by atoms with Crippen molar-refractivity contribution in [3.8, 4) is 5.75 Å². The SMILES string of the molecule is CCCCOCCOc1ccc(S(=O)(=O)Cl)cc1Br. The summed E-state index contributed by atoms with van der Waals surface area (Å²) in [7, 11) is 1.53. The molecule has 0 aliphatic heterocycles. The number of benzene rings is 1. The monoisotopic (exact) mass is 370 g/mol. The molecule has 0 saturated carbocycles. The standard InChI is InChI=1S/C12H16BrClO4S/c1-2-3-6-17-7-8-18-12-5-4-10(9-11(12)13)19(14,15)16/h4-5,9H,2-3,6-8H2,1H3. The fourth-order valence-corrected chi connectivity index (χ4v) is 2.73. The molecule has 0 N–H and O–H groups in total. The second-order valence-corrected chi connectivity index (χ2v) is 7.26. The minimum absolute atomic E-state index is 0.0348. The Kier molecular flexibility index (Phi) is 7.13. The zero-order valence-electron chi connectivity index (χ0n) is 10.6. The van der Waals surface area contributed by atoms with Crippen molar-refractivity contribution >= 4 is 35.7 Å². The average Bonchev–Trinajstić information content (AvgIpc) is 2.34. The van der Waals surface area contributed by atoms with Gasteiger partial charge in [0.25, 0.3) is 9.05 Å². The molecule has 0 aromatic heterocycles. The van der Waals surface area contributed by atoms with Crippen LogP contribution in [0.15, 0.2) is 27.6 Å². The molecule has 0 bridgehead atoms. The zero-order chi connectivity index (χ0) is 14.3. The molecule has 1 aromatic carbocycles. The maximum absolute atomic E-state index is 11.1. The van der Waals surface area contributed by atoms with Crippen LogP contribution in [-0.4, -0.2) is 28.2 Å². The van der Waals surface area contributed by atoms with E-state index in [1.165, 1.54) is 12.1 Å². The lowest BCUT2D eigenvalue weighted by molar-refractivity contribution is 0.0978. The summed E-state index contributed by atoms with van der Waals surface area (Å²) in [6.45, 7) is 3.74. The first-order valence-electron chi connectivity index (χ1n) is 5.90. The topological polar surface area (TPSA) is 52.6 Å². The Hall–Kier alpha value is -0.300. The van der Waals surface area contributed by atoms with Gasteiger partial charge in [-0.3, -0.25) is 0 Å². The van der Waals surface area contributed by atoms with Gasteiger partial charge < -0.3 is 9.47 Å². The number of hydrogen-bond donors (Lipinski definition) is 0. The summed E-state index contributed by atoms with van der Waals surface area (Å²) in [5.41, 5.74) is 0. The van der Waals surface area contributed by atoms with Crippen LogP contribution in [0, 0.1) is 0 Å². The second-order valence-electron chi connectivity index (χ2n) is 3.84. The van der Waals surface area contributed by atoms with Gasteiger partial charge in [0.1, 0.15) is 12.4 Å². The summed E-state index contributed by atoms with van der Waals surface area (Å²) in [5, 5.41) is 0. The molecule has 0 radical (unpaired) electrons. The van der Waals surface area contributed by atoms with E-state index in [-0.39, 0.29) is 4.90 Å². The van der Waals surface area contributed by atoms with E-state index < -0.39 is 9.05 Å². The van der Waals surface area contributed by atoms with Crippen molar-refractivity contribution in [1.29, 1.82) is 0 Å². The summed E-state index contributed by atoms with van der Waals surface area (Å²) >= 11 is 3.24. The molecule has 0 atom stereocenters. The third kappa shape index (κ3) is 6.12. The number of rotatable bonds is 8. The van der Waals surface area contributed by atoms with E-state index in [4.69, 9.17) is 20.2 Å². The van der Waals surface area contributed by atoms with E-state index in [0.717, 1.165) is 19.4 Å². The lowest BCUT2D eigenvalue weighted by atomic mass is 10.3. The van der Waals surface area contributed by atoms with Crippen LogP contribution in [0.3, 0.4) is 0 Å². The van der Waals surface area contributed by atoms with Gasteiger partial charge in [-0.15, -0.1) is 0 Å². The molecule has 108 valence electrons. The Labute approximate surface area is 126 Å². The minimum Gasteiger partial charge on any atom is -0.490 e. The van der Waals surface area contributed by atoms with Gasteiger partial charge in [0.15, 0.2) is 0 Å². The van der Waals surface area contributed by atoms with E-state index in [1.54, 1.807) is 6.07 Å². The quantitative estimate of drug-likeness (QED) is 0.518. The van der Waals surface area contributed by atoms with E-state index in [0.29, 0.717) is 23.4 Å². The highest BCUT2D eigenvalue weighted by Gasteiger charge is 2.12. The van der Waals surface area contributed by atoms with Crippen molar-refractivity contribution < 1.29 is 17.9 Å². The van der Waals surface area contributed by atoms with Crippen LogP contribution in [0.25, 0.3) is 0 Å². The highest BCUT2D eigenvalue weighted by Crippen LogP contribution is 2.29. The van der Waals surface area contributed by atoms with Gasteiger partial charge in [0.2, 0.25) is 0 Å². The molecule has 7 heteroatoms. The molecule has 0 unspecified atom stereocenters. The Morgan fingerprint density at radius 2 is 2.00 bits per heavy atom. The van der Waals surface area contributed by atoms with Gasteiger partial charge in [-0.25, -0.2) is 8.42 Å². The van der Waals surface area contributed by atoms with E-state index >= 15 is 0 Å². The molecule has 0 aliphatic carbocycles. The Balaban J connectivity index is 2.47. The summed E-state index contributed by atoms with van der Waals surface area (Å²) in [6.07, 6.45) is 2.13. The van der Waals surface area contributed by atoms with Crippen molar-refractivity contribution in [1.82, 2.24) is 0 Å². The second kappa shape index (κ2) is 8.09. The smallest absolute Gasteiger partial charge is 0.261 e. The molecule has 0 heterocycles. The highest BCUT2D eigenvalue weighted by molar-refractivity contribution is 9.10. The molecule has 0 saturated heterocycles. The third-order valence-corrected chi connectivity index (χ3v) is 4.28. The molecule has 0 aliphatic rings. The number of ether oxygens (including phenoxy) is 2. The van der Waals surface area contributed by atoms with Crippen LogP contribution in [0.1, 0.15) is 19.8 Å². The van der Waals surface area contributed by atoms with E-state index in [1.807, 2.05) is 0 Å². The van der Waals surface area contributed by atoms with E-state index in [2.05, 4.69) is 22.9 Å². The van der Waals surface area contributed by atoms with Gasteiger partial charge >= 0.3 is 0 Å². The molecule has 0 fully saturated rings.